The van der Waals surface area contributed by atoms with Crippen LogP contribution >= 0.6 is 11.8 Å². The van der Waals surface area contributed by atoms with Crippen molar-refractivity contribution in [3.8, 4) is 28.9 Å². The molecule has 1 amide bonds. The molecule has 0 fully saturated rings. The number of carbonyl (C=O) groups is 1. The van der Waals surface area contributed by atoms with E-state index in [0.29, 0.717) is 33.7 Å². The maximum Gasteiger partial charge on any atom is 0.297 e. The molecule has 0 bridgehead atoms. The summed E-state index contributed by atoms with van der Waals surface area (Å²) >= 11 is 1.21. The van der Waals surface area contributed by atoms with Crippen molar-refractivity contribution >= 4 is 23.4 Å². The molecule has 9 heteroatoms. The molecule has 168 valence electrons. The molecule has 0 saturated carbocycles. The number of anilines is 1. The van der Waals surface area contributed by atoms with E-state index in [9.17, 15) is 9.90 Å². The van der Waals surface area contributed by atoms with Gasteiger partial charge in [0.25, 0.3) is 5.03 Å². The molecule has 0 atom stereocenters. The van der Waals surface area contributed by atoms with Crippen molar-refractivity contribution < 1.29 is 28.6 Å². The molecule has 0 saturated heterocycles. The van der Waals surface area contributed by atoms with Crippen molar-refractivity contribution in [1.82, 2.24) is 5.27 Å². The number of hydrogen-bond donors (Lipinski definition) is 1. The first-order valence-electron chi connectivity index (χ1n) is 10.1. The summed E-state index contributed by atoms with van der Waals surface area (Å²) in [6.45, 7) is 0. The Morgan fingerprint density at radius 1 is 1.00 bits per heavy atom. The van der Waals surface area contributed by atoms with Gasteiger partial charge in [0, 0.05) is 30.0 Å². The minimum atomic E-state index is -0.551. The van der Waals surface area contributed by atoms with E-state index in [1.165, 1.54) is 16.4 Å². The number of hydrogen-bond acceptors (Lipinski definition) is 7. The van der Waals surface area contributed by atoms with E-state index in [1.54, 1.807) is 55.6 Å². The lowest BCUT2D eigenvalue weighted by atomic mass is 10.3. The van der Waals surface area contributed by atoms with Gasteiger partial charge in [-0.05, 0) is 53.2 Å². The summed E-state index contributed by atoms with van der Waals surface area (Å²) in [7, 11) is 1.58. The lowest BCUT2D eigenvalue weighted by molar-refractivity contribution is -0.705. The highest BCUT2D eigenvalue weighted by molar-refractivity contribution is 7.99. The Hall–Kier alpha value is -3.98. The largest absolute Gasteiger partial charge is 0.538 e. The van der Waals surface area contributed by atoms with Crippen molar-refractivity contribution in [3.05, 3.63) is 78.9 Å². The molecule has 0 radical (unpaired) electrons. The lowest BCUT2D eigenvalue weighted by Crippen LogP contribution is -2.34. The van der Waals surface area contributed by atoms with Crippen LogP contribution in [-0.4, -0.2) is 24.0 Å². The summed E-state index contributed by atoms with van der Waals surface area (Å²) < 4.78 is 17.1. The molecule has 1 N–H and O–H groups in total. The molecule has 0 spiro atoms. The molecule has 0 aliphatic heterocycles. The fraction of sp³-hybridized carbons (Fsp3) is 0.125. The predicted molar refractivity (Wildman–Crippen MR) is 121 cm³/mol. The van der Waals surface area contributed by atoms with Gasteiger partial charge in [-0.3, -0.25) is 4.79 Å². The van der Waals surface area contributed by atoms with Gasteiger partial charge in [0.15, 0.2) is 5.95 Å². The van der Waals surface area contributed by atoms with Gasteiger partial charge >= 0.3 is 0 Å². The lowest BCUT2D eigenvalue weighted by Gasteiger charge is -2.08. The topological polar surface area (TPSA) is 101 Å². The number of aromatic nitrogens is 2. The van der Waals surface area contributed by atoms with Gasteiger partial charge in [-0.15, -0.1) is 0 Å². The zero-order valence-corrected chi connectivity index (χ0v) is 18.6. The standard InChI is InChI=1S/C24H21N3O5S/c1-30-19-13-9-18(10-14-19)27-23(24(29)32-26-27)33-16-15-22(28)25-17-7-11-21(12-8-17)31-20-5-3-2-4-6-20/h2-14H,15-16H2,1H3,(H-,25,26,28,29). The Morgan fingerprint density at radius 3 is 2.36 bits per heavy atom. The molecule has 0 aliphatic rings. The minimum Gasteiger partial charge on any atom is -0.538 e. The summed E-state index contributed by atoms with van der Waals surface area (Å²) in [4.78, 5) is 12.3. The number of para-hydroxylation sites is 1. The molecular weight excluding hydrogens is 442 g/mol. The first kappa shape index (κ1) is 22.2. The first-order chi connectivity index (χ1) is 16.1. The number of amides is 1. The van der Waals surface area contributed by atoms with Crippen molar-refractivity contribution in [2.75, 3.05) is 18.2 Å². The van der Waals surface area contributed by atoms with E-state index >= 15 is 0 Å². The van der Waals surface area contributed by atoms with Crippen LogP contribution in [0.4, 0.5) is 5.69 Å². The third-order valence-corrected chi connectivity index (χ3v) is 5.60. The van der Waals surface area contributed by atoms with E-state index in [1.807, 2.05) is 30.3 Å². The van der Waals surface area contributed by atoms with Crippen LogP contribution in [0.5, 0.6) is 23.2 Å². The smallest absolute Gasteiger partial charge is 0.297 e. The summed E-state index contributed by atoms with van der Waals surface area (Å²) in [6, 6.07) is 23.6. The van der Waals surface area contributed by atoms with E-state index < -0.39 is 5.95 Å². The number of nitrogens with one attached hydrogen (secondary N) is 1. The molecule has 0 aliphatic carbocycles. The zero-order valence-electron chi connectivity index (χ0n) is 17.8. The maximum atomic E-state index is 12.3. The average molecular weight is 464 g/mol. The summed E-state index contributed by atoms with van der Waals surface area (Å²) in [5, 5.41) is 19.0. The van der Waals surface area contributed by atoms with Gasteiger partial charge in [-0.25, -0.2) is 0 Å². The maximum absolute atomic E-state index is 12.3. The molecule has 4 aromatic rings. The fourth-order valence-electron chi connectivity index (χ4n) is 2.94. The SMILES string of the molecule is COc1ccc(-[n+]2noc([O-])c2SCCC(=O)Nc2ccc(Oc3ccccc3)cc2)cc1. The summed E-state index contributed by atoms with van der Waals surface area (Å²) in [6.07, 6.45) is 0.208. The third kappa shape index (κ3) is 5.83. The minimum absolute atomic E-state index is 0.167. The zero-order chi connectivity index (χ0) is 23.0. The van der Waals surface area contributed by atoms with Gasteiger partial charge in [0.2, 0.25) is 11.6 Å². The molecule has 0 unspecified atom stereocenters. The highest BCUT2D eigenvalue weighted by Crippen LogP contribution is 2.25. The van der Waals surface area contributed by atoms with E-state index in [4.69, 9.17) is 14.0 Å². The van der Waals surface area contributed by atoms with Gasteiger partial charge < -0.3 is 24.4 Å². The predicted octanol–water partition coefficient (Wildman–Crippen LogP) is 3.95. The second-order valence-corrected chi connectivity index (χ2v) is 7.95. The Bertz CT molecular complexity index is 1200. The van der Waals surface area contributed by atoms with Crippen molar-refractivity contribution in [3.63, 3.8) is 0 Å². The second kappa shape index (κ2) is 10.6. The molecular formula is C24H21N3O5S. The molecule has 33 heavy (non-hydrogen) atoms. The number of nitrogens with zero attached hydrogens (tertiary/aromatic N) is 2. The van der Waals surface area contributed by atoms with Crippen molar-refractivity contribution in [2.24, 2.45) is 0 Å². The van der Waals surface area contributed by atoms with Crippen LogP contribution in [0, 0.1) is 0 Å². The van der Waals surface area contributed by atoms with Gasteiger partial charge in [-0.2, -0.15) is 0 Å². The monoisotopic (exact) mass is 463 g/mol. The molecule has 1 heterocycles. The van der Waals surface area contributed by atoms with Gasteiger partial charge in [-0.1, -0.05) is 30.0 Å². The van der Waals surface area contributed by atoms with Crippen LogP contribution in [0.2, 0.25) is 0 Å². The number of benzene rings is 3. The number of ether oxygens (including phenoxy) is 2. The first-order valence-corrected chi connectivity index (χ1v) is 11.1. The molecule has 4 rings (SSSR count). The molecule has 1 aromatic heterocycles. The second-order valence-electron chi connectivity index (χ2n) is 6.86. The highest BCUT2D eigenvalue weighted by atomic mass is 32.2. The third-order valence-electron chi connectivity index (χ3n) is 4.57. The Balaban J connectivity index is 1.29. The number of thioether (sulfide) groups is 1. The molecule has 3 aromatic carbocycles. The van der Waals surface area contributed by atoms with Crippen LogP contribution in [0.25, 0.3) is 5.69 Å². The Morgan fingerprint density at radius 2 is 1.67 bits per heavy atom. The molecule has 8 nitrogen and oxygen atoms in total. The van der Waals surface area contributed by atoms with Crippen molar-refractivity contribution in [2.45, 2.75) is 11.4 Å². The van der Waals surface area contributed by atoms with Crippen molar-refractivity contribution in [1.29, 1.82) is 0 Å². The number of carbonyl (C=O) groups excluding carboxylic acids is 1. The van der Waals surface area contributed by atoms with Gasteiger partial charge in [0.1, 0.15) is 17.2 Å². The number of methoxy groups -OCH3 is 1. The van der Waals surface area contributed by atoms with Crippen LogP contribution < -0.4 is 24.6 Å². The van der Waals surface area contributed by atoms with E-state index in [2.05, 4.69) is 10.6 Å². The summed E-state index contributed by atoms with van der Waals surface area (Å²) in [5.74, 6) is 1.77. The van der Waals surface area contributed by atoms with Crippen LogP contribution in [0.3, 0.4) is 0 Å². The Kier molecular flexibility index (Phi) is 7.11. The summed E-state index contributed by atoms with van der Waals surface area (Å²) in [5.41, 5.74) is 1.32. The normalized spacial score (nSPS) is 10.6. The fourth-order valence-corrected chi connectivity index (χ4v) is 3.84. The quantitative estimate of drug-likeness (QED) is 0.296. The van der Waals surface area contributed by atoms with Crippen LogP contribution in [0.1, 0.15) is 6.42 Å². The van der Waals surface area contributed by atoms with Crippen LogP contribution in [0.15, 0.2) is 88.4 Å². The number of rotatable bonds is 9. The highest BCUT2D eigenvalue weighted by Gasteiger charge is 2.21. The Labute approximate surface area is 194 Å². The van der Waals surface area contributed by atoms with E-state index in [-0.39, 0.29) is 12.3 Å². The van der Waals surface area contributed by atoms with Gasteiger partial charge in [0.05, 0.1) is 12.4 Å². The van der Waals surface area contributed by atoms with E-state index in [0.717, 1.165) is 5.75 Å². The average Bonchev–Trinajstić information content (AvgIpc) is 3.21. The van der Waals surface area contributed by atoms with Crippen LogP contribution in [-0.2, 0) is 4.79 Å².